The van der Waals surface area contributed by atoms with Crippen LogP contribution in [0.15, 0.2) is 0 Å². The molecule has 0 bridgehead atoms. The van der Waals surface area contributed by atoms with Crippen LogP contribution in [0.4, 0.5) is 0 Å². The average Bonchev–Trinajstić information content (AvgIpc) is 3.10. The van der Waals surface area contributed by atoms with Crippen molar-refractivity contribution in [3.05, 3.63) is 0 Å². The Morgan fingerprint density at radius 1 is 1.33 bits per heavy atom. The van der Waals surface area contributed by atoms with Crippen LogP contribution in [0, 0.1) is 0 Å². The van der Waals surface area contributed by atoms with E-state index >= 15 is 0 Å². The zero-order valence-corrected chi connectivity index (χ0v) is 13.0. The van der Waals surface area contributed by atoms with Crippen molar-refractivity contribution in [2.45, 2.75) is 37.6 Å². The van der Waals surface area contributed by atoms with Gasteiger partial charge in [-0.3, -0.25) is 9.69 Å². The Bertz CT molecular complexity index is 365. The lowest BCUT2D eigenvalue weighted by Crippen LogP contribution is -2.49. The number of nitrogens with zero attached hydrogens (tertiary/aromatic N) is 2. The van der Waals surface area contributed by atoms with E-state index in [9.17, 15) is 4.79 Å². The second kappa shape index (κ2) is 6.60. The van der Waals surface area contributed by atoms with Crippen molar-refractivity contribution < 1.29 is 14.3 Å². The van der Waals surface area contributed by atoms with E-state index < -0.39 is 0 Å². The maximum absolute atomic E-state index is 12.2. The van der Waals surface area contributed by atoms with Crippen molar-refractivity contribution in [2.75, 3.05) is 52.9 Å². The Balaban J connectivity index is 1.41. The molecule has 3 fully saturated rings. The summed E-state index contributed by atoms with van der Waals surface area (Å²) in [6, 6.07) is 0. The number of carbonyl (C=O) groups excluding carboxylic acids is 1. The van der Waals surface area contributed by atoms with Crippen molar-refractivity contribution in [2.24, 2.45) is 0 Å². The molecule has 1 saturated carbocycles. The summed E-state index contributed by atoms with van der Waals surface area (Å²) in [5.74, 6) is -0.0814. The summed E-state index contributed by atoms with van der Waals surface area (Å²) < 4.78 is 12.0. The first-order valence-corrected chi connectivity index (χ1v) is 8.16. The minimum atomic E-state index is -0.298. The highest BCUT2D eigenvalue weighted by Gasteiger charge is 2.43. The third-order valence-electron chi connectivity index (χ3n) is 4.67. The lowest BCUT2D eigenvalue weighted by molar-refractivity contribution is -0.163. The third-order valence-corrected chi connectivity index (χ3v) is 4.67. The van der Waals surface area contributed by atoms with Crippen LogP contribution in [0.3, 0.4) is 0 Å². The van der Waals surface area contributed by atoms with Crippen LogP contribution >= 0.6 is 0 Å². The molecule has 0 aromatic carbocycles. The van der Waals surface area contributed by atoms with Gasteiger partial charge in [-0.1, -0.05) is 0 Å². The first-order chi connectivity index (χ1) is 10.2. The van der Waals surface area contributed by atoms with Gasteiger partial charge >= 0.3 is 0 Å². The molecule has 3 rings (SSSR count). The first-order valence-electron chi connectivity index (χ1n) is 8.16. The largest absolute Gasteiger partial charge is 0.347 e. The number of likely N-dealkylation sites (N-methyl/N-ethyl adjacent to an activating group) is 1. The molecule has 0 aromatic rings. The summed E-state index contributed by atoms with van der Waals surface area (Å²) in [4.78, 5) is 16.2. The van der Waals surface area contributed by atoms with Gasteiger partial charge in [0.05, 0.1) is 19.3 Å². The molecular formula is C15H27N3O3. The van der Waals surface area contributed by atoms with Crippen molar-refractivity contribution in [3.8, 4) is 0 Å². The lowest BCUT2D eigenvalue weighted by atomic mass is 10.2. The summed E-state index contributed by atoms with van der Waals surface area (Å²) >= 11 is 0. The van der Waals surface area contributed by atoms with Crippen molar-refractivity contribution in [3.63, 3.8) is 0 Å². The summed E-state index contributed by atoms with van der Waals surface area (Å²) in [6.45, 7) is 5.32. The maximum Gasteiger partial charge on any atom is 0.236 e. The predicted octanol–water partition coefficient (Wildman–Crippen LogP) is 0.0357. The van der Waals surface area contributed by atoms with E-state index in [1.165, 1.54) is 12.8 Å². The first kappa shape index (κ1) is 15.2. The molecule has 6 heteroatoms. The Morgan fingerprint density at radius 2 is 2.05 bits per heavy atom. The maximum atomic E-state index is 12.2. The van der Waals surface area contributed by atoms with E-state index in [1.54, 1.807) is 0 Å². The predicted molar refractivity (Wildman–Crippen MR) is 79.0 cm³/mol. The normalized spacial score (nSPS) is 28.7. The molecule has 1 aliphatic carbocycles. The standard InChI is InChI=1S/C15H27N3O3/c1-17(11-14(19)18-8-6-16-7-9-18)10-13-12-20-15(21-13)4-2-3-5-15/h13,16H,2-12H2,1H3. The molecular weight excluding hydrogens is 270 g/mol. The molecule has 1 amide bonds. The highest BCUT2D eigenvalue weighted by molar-refractivity contribution is 5.78. The Kier molecular flexibility index (Phi) is 4.78. The molecule has 2 heterocycles. The fourth-order valence-corrected chi connectivity index (χ4v) is 3.54. The molecule has 1 unspecified atom stereocenters. The van der Waals surface area contributed by atoms with E-state index in [0.29, 0.717) is 13.2 Å². The Labute approximate surface area is 126 Å². The molecule has 6 nitrogen and oxygen atoms in total. The molecule has 0 radical (unpaired) electrons. The zero-order valence-electron chi connectivity index (χ0n) is 13.0. The number of rotatable bonds is 4. The average molecular weight is 297 g/mol. The van der Waals surface area contributed by atoms with Gasteiger partial charge in [0.1, 0.15) is 0 Å². The molecule has 2 aliphatic heterocycles. The molecule has 21 heavy (non-hydrogen) atoms. The Hall–Kier alpha value is -0.690. The second-order valence-electron chi connectivity index (χ2n) is 6.50. The van der Waals surface area contributed by atoms with E-state index in [2.05, 4.69) is 10.2 Å². The monoisotopic (exact) mass is 297 g/mol. The minimum Gasteiger partial charge on any atom is -0.347 e. The molecule has 3 aliphatic rings. The van der Waals surface area contributed by atoms with Gasteiger partial charge in [0.2, 0.25) is 5.91 Å². The van der Waals surface area contributed by atoms with E-state index in [4.69, 9.17) is 9.47 Å². The van der Waals surface area contributed by atoms with E-state index in [0.717, 1.165) is 45.6 Å². The second-order valence-corrected chi connectivity index (χ2v) is 6.50. The fourth-order valence-electron chi connectivity index (χ4n) is 3.54. The summed E-state index contributed by atoms with van der Waals surface area (Å²) in [7, 11) is 1.99. The zero-order chi connectivity index (χ0) is 14.7. The van der Waals surface area contributed by atoms with Gasteiger partial charge in [-0.05, 0) is 19.9 Å². The van der Waals surface area contributed by atoms with Gasteiger partial charge in [0.25, 0.3) is 0 Å². The van der Waals surface area contributed by atoms with Crippen LogP contribution in [-0.4, -0.2) is 80.5 Å². The van der Waals surface area contributed by atoms with Crippen LogP contribution < -0.4 is 5.32 Å². The fraction of sp³-hybridized carbons (Fsp3) is 0.933. The number of hydrogen-bond donors (Lipinski definition) is 1. The highest BCUT2D eigenvalue weighted by atomic mass is 16.7. The van der Waals surface area contributed by atoms with Crippen LogP contribution in [-0.2, 0) is 14.3 Å². The minimum absolute atomic E-state index is 0.101. The van der Waals surface area contributed by atoms with Crippen molar-refractivity contribution in [1.29, 1.82) is 0 Å². The van der Waals surface area contributed by atoms with Crippen molar-refractivity contribution in [1.82, 2.24) is 15.1 Å². The summed E-state index contributed by atoms with van der Waals surface area (Å²) in [5, 5.41) is 3.27. The SMILES string of the molecule is CN(CC(=O)N1CCNCC1)CC1COC2(CCCC2)O1. The molecule has 2 saturated heterocycles. The molecule has 1 spiro atoms. The van der Waals surface area contributed by atoms with Crippen LogP contribution in [0.25, 0.3) is 0 Å². The van der Waals surface area contributed by atoms with Crippen molar-refractivity contribution >= 4 is 5.91 Å². The smallest absolute Gasteiger partial charge is 0.236 e. The summed E-state index contributed by atoms with van der Waals surface area (Å²) in [5.41, 5.74) is 0. The Morgan fingerprint density at radius 3 is 2.76 bits per heavy atom. The van der Waals surface area contributed by atoms with Crippen LogP contribution in [0.1, 0.15) is 25.7 Å². The van der Waals surface area contributed by atoms with Gasteiger partial charge in [0, 0.05) is 45.6 Å². The number of hydrogen-bond acceptors (Lipinski definition) is 5. The van der Waals surface area contributed by atoms with Gasteiger partial charge in [-0.25, -0.2) is 0 Å². The number of carbonyl (C=O) groups is 1. The third kappa shape index (κ3) is 3.74. The van der Waals surface area contributed by atoms with Crippen LogP contribution in [0.2, 0.25) is 0 Å². The number of nitrogens with one attached hydrogen (secondary N) is 1. The topological polar surface area (TPSA) is 54.0 Å². The van der Waals surface area contributed by atoms with Gasteiger partial charge in [-0.15, -0.1) is 0 Å². The quantitative estimate of drug-likeness (QED) is 0.794. The van der Waals surface area contributed by atoms with E-state index in [-0.39, 0.29) is 17.8 Å². The van der Waals surface area contributed by atoms with E-state index in [1.807, 2.05) is 11.9 Å². The molecule has 120 valence electrons. The number of ether oxygens (including phenoxy) is 2. The molecule has 1 N–H and O–H groups in total. The molecule has 0 aromatic heterocycles. The molecule has 1 atom stereocenters. The summed E-state index contributed by atoms with van der Waals surface area (Å²) in [6.07, 6.45) is 4.54. The number of amides is 1. The highest BCUT2D eigenvalue weighted by Crippen LogP contribution is 2.39. The van der Waals surface area contributed by atoms with Gasteiger partial charge < -0.3 is 19.7 Å². The van der Waals surface area contributed by atoms with Gasteiger partial charge in [-0.2, -0.15) is 0 Å². The van der Waals surface area contributed by atoms with Crippen LogP contribution in [0.5, 0.6) is 0 Å². The lowest BCUT2D eigenvalue weighted by Gasteiger charge is -2.30. The number of piperazine rings is 1. The van der Waals surface area contributed by atoms with Gasteiger partial charge in [0.15, 0.2) is 5.79 Å².